The molecule has 6 heterocycles. The van der Waals surface area contributed by atoms with Crippen LogP contribution in [0.3, 0.4) is 0 Å². The van der Waals surface area contributed by atoms with Gasteiger partial charge >= 0.3 is 12.2 Å². The zero-order valence-corrected chi connectivity index (χ0v) is 42.0. The number of aromatic nitrogens is 4. The first kappa shape index (κ1) is 48.9. The lowest BCUT2D eigenvalue weighted by molar-refractivity contribution is -0.136. The third-order valence-corrected chi connectivity index (χ3v) is 15.7. The smallest absolute Gasteiger partial charge is 0.407 e. The summed E-state index contributed by atoms with van der Waals surface area (Å²) in [7, 11) is 2.59. The molecule has 0 bridgehead atoms. The molecule has 2 aromatic carbocycles. The quantitative estimate of drug-likeness (QED) is 0.114. The minimum Gasteiger partial charge on any atom is -0.453 e. The minimum absolute atomic E-state index is 0.0292. The lowest BCUT2D eigenvalue weighted by atomic mass is 9.82. The van der Waals surface area contributed by atoms with Crippen LogP contribution in [0.4, 0.5) is 25.4 Å². The minimum atomic E-state index is -0.730. The number of halogens is 1. The SMILES string of the molecule is COC(=O)N[C@H](C(=O)N1CCC[C@H]1c1nc2c([nH]1)=CC([C@H]1CC[C@H](c3ccc4nc([C@@H]5CCCN5C(=O)[C@@H](NC(=O)OC)C(C)C)[nH]c4c3)N1c1ccc(N3CCC(C)(C)CC3)c(F)c1)CC=2)C(C)C. The molecule has 16 nitrogen and oxygen atoms in total. The molecule has 70 heavy (non-hydrogen) atoms. The molecule has 4 N–H and O–H groups in total. The Labute approximate surface area is 409 Å². The van der Waals surface area contributed by atoms with Crippen molar-refractivity contribution < 1.29 is 33.0 Å². The van der Waals surface area contributed by atoms with Gasteiger partial charge in [-0.1, -0.05) is 59.8 Å². The molecule has 4 amide bonds. The second kappa shape index (κ2) is 19.9. The van der Waals surface area contributed by atoms with Gasteiger partial charge in [-0.3, -0.25) is 9.59 Å². The monoisotopic (exact) mass is 963 g/mol. The number of piperidine rings is 1. The van der Waals surface area contributed by atoms with Crippen molar-refractivity contribution in [3.63, 3.8) is 0 Å². The zero-order chi connectivity index (χ0) is 49.6. The van der Waals surface area contributed by atoms with Crippen LogP contribution >= 0.6 is 0 Å². The van der Waals surface area contributed by atoms with E-state index in [1.807, 2.05) is 49.6 Å². The second-order valence-electron chi connectivity index (χ2n) is 21.5. The van der Waals surface area contributed by atoms with E-state index >= 15 is 4.39 Å². The van der Waals surface area contributed by atoms with E-state index in [1.165, 1.54) is 14.2 Å². The summed E-state index contributed by atoms with van der Waals surface area (Å²) in [6.07, 6.45) is 10.8. The number of anilines is 2. The highest BCUT2D eigenvalue weighted by atomic mass is 19.1. The van der Waals surface area contributed by atoms with Gasteiger partial charge in [-0.05, 0) is 111 Å². The summed E-state index contributed by atoms with van der Waals surface area (Å²) in [5, 5.41) is 7.26. The van der Waals surface area contributed by atoms with Crippen molar-refractivity contribution in [2.75, 3.05) is 50.2 Å². The van der Waals surface area contributed by atoms with E-state index in [9.17, 15) is 19.2 Å². The van der Waals surface area contributed by atoms with Crippen molar-refractivity contribution >= 4 is 58.6 Å². The van der Waals surface area contributed by atoms with Crippen LogP contribution in [-0.2, 0) is 19.1 Å². The predicted octanol–water partition coefficient (Wildman–Crippen LogP) is 7.13. The van der Waals surface area contributed by atoms with Crippen molar-refractivity contribution in [3.8, 4) is 0 Å². The number of hydrogen-bond donors (Lipinski definition) is 4. The summed E-state index contributed by atoms with van der Waals surface area (Å²) in [6, 6.07) is 10.1. The maximum Gasteiger partial charge on any atom is 0.407 e. The van der Waals surface area contributed by atoms with Crippen LogP contribution in [0.5, 0.6) is 0 Å². The van der Waals surface area contributed by atoms with Gasteiger partial charge in [0.2, 0.25) is 11.8 Å². The molecule has 2 aromatic heterocycles. The van der Waals surface area contributed by atoms with Crippen LogP contribution in [0, 0.1) is 29.0 Å². The van der Waals surface area contributed by atoms with Gasteiger partial charge in [0.15, 0.2) is 0 Å². The van der Waals surface area contributed by atoms with E-state index in [-0.39, 0.29) is 65.0 Å². The maximum atomic E-state index is 16.6. The molecule has 7 atom stereocenters. The Hall–Kier alpha value is -6.13. The summed E-state index contributed by atoms with van der Waals surface area (Å²) in [6.45, 7) is 15.0. The number of amides is 4. The molecule has 0 radical (unpaired) electrons. The van der Waals surface area contributed by atoms with Gasteiger partial charge in [-0.15, -0.1) is 0 Å². The number of carbonyl (C=O) groups excluding carboxylic acids is 4. The molecule has 1 unspecified atom stereocenters. The number of benzene rings is 2. The lowest BCUT2D eigenvalue weighted by Crippen LogP contribution is -2.51. The number of rotatable bonds is 12. The van der Waals surface area contributed by atoms with Gasteiger partial charge in [-0.25, -0.2) is 23.9 Å². The van der Waals surface area contributed by atoms with E-state index in [2.05, 4.69) is 74.6 Å². The van der Waals surface area contributed by atoms with Crippen LogP contribution in [0.2, 0.25) is 0 Å². The Bertz CT molecular complexity index is 2720. The van der Waals surface area contributed by atoms with Gasteiger partial charge in [-0.2, -0.15) is 0 Å². The van der Waals surface area contributed by atoms with Gasteiger partial charge in [0.25, 0.3) is 0 Å². The molecule has 17 heteroatoms. The van der Waals surface area contributed by atoms with E-state index in [1.54, 1.807) is 6.07 Å². The standard InChI is InChI=1S/C53H71FN10O6/c1-30(2)45(59-51(67)69-7)49(65)62-23-9-11-43(62)47-55-36-16-13-32(27-38(36)57-47)40-19-20-41(64(40)34-15-18-42(35(54)29-34)61-25-21-53(5,6)22-26-61)33-14-17-37-39(28-33)58-48(56-37)44-12-10-24-63(44)50(66)46(31(3)4)60-52(68)70-8/h13,15-18,27-31,33,40-41,43-46H,9-12,14,19-26H2,1-8H3,(H,55,57)(H,56,58)(H,59,67)(H,60,68)/t33?,40-,41-,43+,44+,45+,46+/m1/s1. The fourth-order valence-electron chi connectivity index (χ4n) is 11.7. The molecule has 5 aliphatic rings. The summed E-state index contributed by atoms with van der Waals surface area (Å²) < 4.78 is 26.3. The maximum absolute atomic E-state index is 16.6. The van der Waals surface area contributed by atoms with E-state index in [0.717, 1.165) is 110 Å². The van der Waals surface area contributed by atoms with Crippen molar-refractivity contribution in [2.45, 2.75) is 136 Å². The highest BCUT2D eigenvalue weighted by molar-refractivity contribution is 5.87. The van der Waals surface area contributed by atoms with E-state index in [0.29, 0.717) is 24.6 Å². The third kappa shape index (κ3) is 9.68. The van der Waals surface area contributed by atoms with Gasteiger partial charge in [0.1, 0.15) is 29.5 Å². The van der Waals surface area contributed by atoms with Crippen LogP contribution < -0.4 is 31.1 Å². The second-order valence-corrected chi connectivity index (χ2v) is 21.5. The molecule has 4 aromatic rings. The Morgan fingerprint density at radius 3 is 1.96 bits per heavy atom. The molecule has 4 fully saturated rings. The molecule has 376 valence electrons. The van der Waals surface area contributed by atoms with Crippen LogP contribution in [0.25, 0.3) is 23.2 Å². The Morgan fingerprint density at radius 1 is 0.757 bits per heavy atom. The van der Waals surface area contributed by atoms with Crippen molar-refractivity contribution in [1.82, 2.24) is 40.4 Å². The number of likely N-dealkylation sites (tertiary alicyclic amines) is 2. The number of H-pyrrole nitrogens is 2. The van der Waals surface area contributed by atoms with E-state index < -0.39 is 24.3 Å². The number of carbonyl (C=O) groups is 4. The Balaban J connectivity index is 1.01. The van der Waals surface area contributed by atoms with Crippen molar-refractivity contribution in [3.05, 3.63) is 70.1 Å². The number of methoxy groups -OCH3 is 2. The van der Waals surface area contributed by atoms with Gasteiger partial charge in [0, 0.05) is 43.8 Å². The topological polar surface area (TPSA) is 181 Å². The van der Waals surface area contributed by atoms with Crippen LogP contribution in [0.1, 0.15) is 135 Å². The molecule has 9 rings (SSSR count). The zero-order valence-electron chi connectivity index (χ0n) is 42.0. The van der Waals surface area contributed by atoms with Crippen molar-refractivity contribution in [2.24, 2.45) is 23.2 Å². The Morgan fingerprint density at radius 2 is 1.37 bits per heavy atom. The number of aromatic amines is 2. The largest absolute Gasteiger partial charge is 0.453 e. The number of nitrogens with one attached hydrogen (secondary N) is 4. The molecular weight excluding hydrogens is 892 g/mol. The molecular formula is C53H71FN10O6. The molecule has 1 aliphatic carbocycles. The number of alkyl carbamates (subject to hydrolysis) is 2. The van der Waals surface area contributed by atoms with Crippen LogP contribution in [-0.4, -0.2) is 112 Å². The number of fused-ring (bicyclic) bond motifs is 2. The predicted molar refractivity (Wildman–Crippen MR) is 267 cm³/mol. The number of hydrogen-bond acceptors (Lipinski definition) is 10. The molecule has 4 aliphatic heterocycles. The first-order valence-electron chi connectivity index (χ1n) is 25.4. The average Bonchev–Trinajstić information content (AvgIpc) is 4.20. The van der Waals surface area contributed by atoms with Gasteiger partial charge in [0.05, 0.1) is 59.8 Å². The fraction of sp³-hybridized carbons (Fsp3) is 0.585. The fourth-order valence-corrected chi connectivity index (χ4v) is 11.7. The summed E-state index contributed by atoms with van der Waals surface area (Å²) in [5.41, 5.74) is 4.47. The Kier molecular flexibility index (Phi) is 13.9. The van der Waals surface area contributed by atoms with Gasteiger partial charge < -0.3 is 49.7 Å². The summed E-state index contributed by atoms with van der Waals surface area (Å²) in [4.78, 5) is 77.9. The molecule has 0 spiro atoms. The summed E-state index contributed by atoms with van der Waals surface area (Å²) in [5.74, 6) is 0.715. The normalized spacial score (nSPS) is 24.1. The molecule has 4 saturated heterocycles. The first-order valence-corrected chi connectivity index (χ1v) is 25.4. The number of imidazole rings is 2. The average molecular weight is 963 g/mol. The van der Waals surface area contributed by atoms with Crippen molar-refractivity contribution in [1.29, 1.82) is 0 Å². The molecule has 0 saturated carbocycles. The lowest BCUT2D eigenvalue weighted by Gasteiger charge is -2.39. The van der Waals surface area contributed by atoms with Crippen LogP contribution in [0.15, 0.2) is 36.4 Å². The highest BCUT2D eigenvalue weighted by Gasteiger charge is 2.42. The summed E-state index contributed by atoms with van der Waals surface area (Å²) >= 11 is 0. The highest BCUT2D eigenvalue weighted by Crippen LogP contribution is 2.46. The van der Waals surface area contributed by atoms with E-state index in [4.69, 9.17) is 19.4 Å². The third-order valence-electron chi connectivity index (χ3n) is 15.7. The number of ether oxygens (including phenoxy) is 2. The first-order chi connectivity index (χ1) is 33.5. The number of nitrogens with zero attached hydrogens (tertiary/aromatic N) is 6.